The Morgan fingerprint density at radius 1 is 0.920 bits per heavy atom. The van der Waals surface area contributed by atoms with Crippen molar-refractivity contribution in [2.75, 3.05) is 6.54 Å². The summed E-state index contributed by atoms with van der Waals surface area (Å²) in [4.78, 5) is 6.81. The molecular weight excluding hydrogens is 308 g/mol. The smallest absolute Gasteiger partial charge is 0.0645 e. The van der Waals surface area contributed by atoms with E-state index in [1.165, 1.54) is 36.8 Å². The zero-order valence-electron chi connectivity index (χ0n) is 14.5. The molecule has 128 valence electrons. The second-order valence-corrected chi connectivity index (χ2v) is 6.73. The first-order valence-electron chi connectivity index (χ1n) is 9.13. The summed E-state index contributed by atoms with van der Waals surface area (Å²) in [6, 6.07) is 15.6. The molecule has 1 atom stereocenters. The highest BCUT2D eigenvalue weighted by Crippen LogP contribution is 2.31. The molecule has 0 spiro atoms. The van der Waals surface area contributed by atoms with Crippen LogP contribution in [0.2, 0.25) is 0 Å². The lowest BCUT2D eigenvalue weighted by Crippen LogP contribution is -2.28. The van der Waals surface area contributed by atoms with E-state index in [4.69, 9.17) is 0 Å². The van der Waals surface area contributed by atoms with Crippen molar-refractivity contribution in [1.82, 2.24) is 19.7 Å². The lowest BCUT2D eigenvalue weighted by atomic mass is 10.0. The molecule has 1 fully saturated rings. The maximum atomic E-state index is 4.30. The first-order valence-corrected chi connectivity index (χ1v) is 9.13. The quantitative estimate of drug-likeness (QED) is 0.711. The van der Waals surface area contributed by atoms with Crippen LogP contribution >= 0.6 is 0 Å². The number of likely N-dealkylation sites (tertiary alicyclic amines) is 1. The van der Waals surface area contributed by atoms with Gasteiger partial charge in [0.05, 0.1) is 5.69 Å². The second kappa shape index (κ2) is 7.62. The standard InChI is InChI=1S/C21H24N4/c1-2-5-21(19-10-13-22-14-11-19)24(15-3-1)17-18-6-8-20(9-7-18)25-16-4-12-23-25/h4,6-14,16,21H,1-3,5,15,17H2. The summed E-state index contributed by atoms with van der Waals surface area (Å²) in [7, 11) is 0. The molecule has 0 N–H and O–H groups in total. The predicted octanol–water partition coefficient (Wildman–Crippen LogP) is 4.38. The van der Waals surface area contributed by atoms with Gasteiger partial charge in [-0.3, -0.25) is 9.88 Å². The van der Waals surface area contributed by atoms with Crippen LogP contribution in [-0.2, 0) is 6.54 Å². The summed E-state index contributed by atoms with van der Waals surface area (Å²) in [5, 5.41) is 4.30. The van der Waals surface area contributed by atoms with E-state index in [0.717, 1.165) is 18.8 Å². The topological polar surface area (TPSA) is 34.0 Å². The molecule has 1 saturated heterocycles. The van der Waals surface area contributed by atoms with E-state index >= 15 is 0 Å². The maximum Gasteiger partial charge on any atom is 0.0645 e. The summed E-state index contributed by atoms with van der Waals surface area (Å²) in [6.45, 7) is 2.15. The molecule has 0 saturated carbocycles. The van der Waals surface area contributed by atoms with Crippen LogP contribution in [0.3, 0.4) is 0 Å². The van der Waals surface area contributed by atoms with Gasteiger partial charge >= 0.3 is 0 Å². The normalized spacial score (nSPS) is 18.8. The largest absolute Gasteiger partial charge is 0.292 e. The van der Waals surface area contributed by atoms with E-state index in [0.29, 0.717) is 6.04 Å². The van der Waals surface area contributed by atoms with Gasteiger partial charge in [0.2, 0.25) is 0 Å². The van der Waals surface area contributed by atoms with Crippen LogP contribution < -0.4 is 0 Å². The number of benzene rings is 1. The molecule has 2 aromatic heterocycles. The third-order valence-electron chi connectivity index (χ3n) is 5.05. The van der Waals surface area contributed by atoms with Gasteiger partial charge in [0.25, 0.3) is 0 Å². The number of pyridine rings is 1. The molecule has 4 heteroatoms. The summed E-state index contributed by atoms with van der Waals surface area (Å²) in [5.74, 6) is 0. The highest BCUT2D eigenvalue weighted by molar-refractivity contribution is 5.33. The first kappa shape index (κ1) is 16.0. The van der Waals surface area contributed by atoms with Gasteiger partial charge in [-0.25, -0.2) is 4.68 Å². The number of hydrogen-bond donors (Lipinski definition) is 0. The molecule has 3 heterocycles. The summed E-state index contributed by atoms with van der Waals surface area (Å²) in [5.41, 5.74) is 3.86. The van der Waals surface area contributed by atoms with E-state index in [-0.39, 0.29) is 0 Å². The summed E-state index contributed by atoms with van der Waals surface area (Å²) in [6.07, 6.45) is 12.8. The lowest BCUT2D eigenvalue weighted by molar-refractivity contribution is 0.192. The molecule has 4 rings (SSSR count). The van der Waals surface area contributed by atoms with Crippen molar-refractivity contribution in [2.24, 2.45) is 0 Å². The van der Waals surface area contributed by atoms with E-state index in [9.17, 15) is 0 Å². The molecule has 1 aliphatic heterocycles. The Morgan fingerprint density at radius 2 is 1.76 bits per heavy atom. The first-order chi connectivity index (χ1) is 12.4. The van der Waals surface area contributed by atoms with Crippen molar-refractivity contribution >= 4 is 0 Å². The average molecular weight is 332 g/mol. The van der Waals surface area contributed by atoms with Crippen molar-refractivity contribution in [3.63, 3.8) is 0 Å². The summed E-state index contributed by atoms with van der Waals surface area (Å²) >= 11 is 0. The predicted molar refractivity (Wildman–Crippen MR) is 99.4 cm³/mol. The number of aromatic nitrogens is 3. The van der Waals surface area contributed by atoms with E-state index < -0.39 is 0 Å². The number of nitrogens with zero attached hydrogens (tertiary/aromatic N) is 4. The minimum atomic E-state index is 0.497. The van der Waals surface area contributed by atoms with Gasteiger partial charge in [0.1, 0.15) is 0 Å². The van der Waals surface area contributed by atoms with Crippen LogP contribution in [-0.4, -0.2) is 26.2 Å². The third-order valence-corrected chi connectivity index (χ3v) is 5.05. The Balaban J connectivity index is 1.52. The Morgan fingerprint density at radius 3 is 2.52 bits per heavy atom. The molecule has 0 amide bonds. The molecule has 1 unspecified atom stereocenters. The molecular formula is C21H24N4. The van der Waals surface area contributed by atoms with Crippen molar-refractivity contribution in [3.8, 4) is 5.69 Å². The Hall–Kier alpha value is -2.46. The van der Waals surface area contributed by atoms with E-state index in [1.807, 2.05) is 35.5 Å². The van der Waals surface area contributed by atoms with Gasteiger partial charge in [-0.1, -0.05) is 25.0 Å². The molecule has 0 radical (unpaired) electrons. The van der Waals surface area contributed by atoms with Gasteiger partial charge in [0, 0.05) is 37.4 Å². The molecule has 1 aliphatic rings. The van der Waals surface area contributed by atoms with Gasteiger partial charge in [-0.2, -0.15) is 5.10 Å². The van der Waals surface area contributed by atoms with Gasteiger partial charge in [-0.05, 0) is 60.8 Å². The van der Waals surface area contributed by atoms with Crippen LogP contribution in [0.4, 0.5) is 0 Å². The third kappa shape index (κ3) is 3.80. The molecule has 4 nitrogen and oxygen atoms in total. The minimum Gasteiger partial charge on any atom is -0.292 e. The van der Waals surface area contributed by atoms with Crippen molar-refractivity contribution in [3.05, 3.63) is 78.4 Å². The van der Waals surface area contributed by atoms with Crippen LogP contribution in [0.15, 0.2) is 67.3 Å². The lowest BCUT2D eigenvalue weighted by Gasteiger charge is -2.30. The zero-order valence-corrected chi connectivity index (χ0v) is 14.5. The van der Waals surface area contributed by atoms with Crippen LogP contribution in [0.25, 0.3) is 5.69 Å². The highest BCUT2D eigenvalue weighted by Gasteiger charge is 2.22. The molecule has 0 bridgehead atoms. The molecule has 0 aliphatic carbocycles. The van der Waals surface area contributed by atoms with E-state index in [2.05, 4.69) is 51.4 Å². The highest BCUT2D eigenvalue weighted by atomic mass is 15.3. The molecule has 1 aromatic carbocycles. The monoisotopic (exact) mass is 332 g/mol. The summed E-state index contributed by atoms with van der Waals surface area (Å²) < 4.78 is 1.90. The zero-order chi connectivity index (χ0) is 16.9. The Labute approximate surface area is 149 Å². The fraction of sp³-hybridized carbons (Fsp3) is 0.333. The van der Waals surface area contributed by atoms with Gasteiger partial charge in [-0.15, -0.1) is 0 Å². The van der Waals surface area contributed by atoms with Gasteiger partial charge in [0.15, 0.2) is 0 Å². The van der Waals surface area contributed by atoms with Gasteiger partial charge < -0.3 is 0 Å². The van der Waals surface area contributed by atoms with Crippen molar-refractivity contribution in [1.29, 1.82) is 0 Å². The SMILES string of the molecule is c1cnn(-c2ccc(CN3CCCCCC3c3ccncc3)cc2)c1. The fourth-order valence-electron chi connectivity index (χ4n) is 3.73. The maximum absolute atomic E-state index is 4.30. The Bertz CT molecular complexity index is 765. The number of hydrogen-bond acceptors (Lipinski definition) is 3. The number of rotatable bonds is 4. The van der Waals surface area contributed by atoms with Crippen molar-refractivity contribution < 1.29 is 0 Å². The van der Waals surface area contributed by atoms with E-state index in [1.54, 1.807) is 0 Å². The molecule has 3 aromatic rings. The minimum absolute atomic E-state index is 0.497. The second-order valence-electron chi connectivity index (χ2n) is 6.73. The Kier molecular flexibility index (Phi) is 4.89. The molecule has 25 heavy (non-hydrogen) atoms. The van der Waals surface area contributed by atoms with Crippen LogP contribution in [0, 0.1) is 0 Å². The fourth-order valence-corrected chi connectivity index (χ4v) is 3.73. The average Bonchev–Trinajstić information content (AvgIpc) is 3.10. The van der Waals surface area contributed by atoms with Crippen LogP contribution in [0.5, 0.6) is 0 Å². The van der Waals surface area contributed by atoms with Crippen molar-refractivity contribution in [2.45, 2.75) is 38.3 Å². The van der Waals surface area contributed by atoms with Crippen LogP contribution in [0.1, 0.15) is 42.9 Å².